The summed E-state index contributed by atoms with van der Waals surface area (Å²) < 4.78 is 0. The molecular weight excluding hydrogens is 320 g/mol. The average Bonchev–Trinajstić information content (AvgIpc) is 3.12. The van der Waals surface area contributed by atoms with Crippen LogP contribution in [0.4, 0.5) is 0 Å². The number of piperidine rings is 2. The summed E-state index contributed by atoms with van der Waals surface area (Å²) in [4.78, 5) is 28.5. The van der Waals surface area contributed by atoms with E-state index in [0.717, 1.165) is 58.3 Å². The van der Waals surface area contributed by atoms with Crippen LogP contribution in [0, 0.1) is 5.41 Å². The number of carbonyl (C=O) groups excluding carboxylic acids is 2. The second kappa shape index (κ2) is 7.51. The van der Waals surface area contributed by atoms with Gasteiger partial charge in [-0.25, -0.2) is 0 Å². The van der Waals surface area contributed by atoms with Crippen LogP contribution < -0.4 is 0 Å². The molecule has 0 radical (unpaired) electrons. The minimum atomic E-state index is 0.0231. The number of thiophene rings is 1. The topological polar surface area (TPSA) is 40.6 Å². The number of nitrogens with zero attached hydrogens (tertiary/aromatic N) is 2. The molecule has 3 rings (SSSR count). The number of rotatable bonds is 4. The normalized spacial score (nSPS) is 24.2. The first-order valence-electron chi connectivity index (χ1n) is 8.82. The Kier molecular flexibility index (Phi) is 5.39. The van der Waals surface area contributed by atoms with Crippen LogP contribution in [-0.4, -0.2) is 47.8 Å². The van der Waals surface area contributed by atoms with Gasteiger partial charge in [-0.15, -0.1) is 0 Å². The molecule has 2 aliphatic rings. The molecule has 1 aromatic heterocycles. The fourth-order valence-electron chi connectivity index (χ4n) is 4.12. The number of likely N-dealkylation sites (tertiary alicyclic amines) is 2. The largest absolute Gasteiger partial charge is 0.342 e. The molecule has 1 atom stereocenters. The van der Waals surface area contributed by atoms with Crippen molar-refractivity contribution in [2.45, 2.75) is 38.5 Å². The van der Waals surface area contributed by atoms with Crippen molar-refractivity contribution < 1.29 is 9.59 Å². The van der Waals surface area contributed by atoms with Crippen molar-refractivity contribution in [3.8, 4) is 0 Å². The molecule has 0 N–H and O–H groups in total. The van der Waals surface area contributed by atoms with Crippen molar-refractivity contribution >= 4 is 23.2 Å². The van der Waals surface area contributed by atoms with E-state index in [0.29, 0.717) is 6.42 Å². The molecule has 4 nitrogen and oxygen atoms in total. The summed E-state index contributed by atoms with van der Waals surface area (Å²) in [5.74, 6) is 0.280. The molecule has 1 unspecified atom stereocenters. The van der Waals surface area contributed by atoms with E-state index in [4.69, 9.17) is 0 Å². The highest BCUT2D eigenvalue weighted by atomic mass is 32.1. The van der Waals surface area contributed by atoms with E-state index in [1.807, 2.05) is 9.80 Å². The van der Waals surface area contributed by atoms with Crippen LogP contribution in [0.1, 0.15) is 37.7 Å². The third kappa shape index (κ3) is 3.89. The number of carbonyl (C=O) groups is 2. The summed E-state index contributed by atoms with van der Waals surface area (Å²) in [5.41, 5.74) is 1.34. The van der Waals surface area contributed by atoms with Crippen molar-refractivity contribution in [3.05, 3.63) is 35.0 Å². The molecule has 2 amide bonds. The lowest BCUT2D eigenvalue weighted by Gasteiger charge is -2.48. The molecule has 24 heavy (non-hydrogen) atoms. The van der Waals surface area contributed by atoms with E-state index in [9.17, 15) is 9.59 Å². The molecule has 0 aliphatic carbocycles. The van der Waals surface area contributed by atoms with Gasteiger partial charge in [-0.05, 0) is 60.6 Å². The molecule has 0 saturated carbocycles. The standard InChI is InChI=1S/C19H26N2O2S/c1-2-17(22)20-10-3-8-19(14-20)9-4-11-21(15-19)18(23)6-5-16-7-12-24-13-16/h2,7,12-13H,1,3-6,8-11,14-15H2. The fourth-order valence-corrected chi connectivity index (χ4v) is 4.83. The Morgan fingerprint density at radius 1 is 1.21 bits per heavy atom. The summed E-state index contributed by atoms with van der Waals surface area (Å²) in [5, 5.41) is 4.17. The Morgan fingerprint density at radius 3 is 2.58 bits per heavy atom. The van der Waals surface area contributed by atoms with Gasteiger partial charge in [0.15, 0.2) is 0 Å². The van der Waals surface area contributed by atoms with Crippen molar-refractivity contribution in [1.29, 1.82) is 0 Å². The Labute approximate surface area is 148 Å². The van der Waals surface area contributed by atoms with Gasteiger partial charge in [-0.1, -0.05) is 6.58 Å². The van der Waals surface area contributed by atoms with Gasteiger partial charge in [0.2, 0.25) is 11.8 Å². The van der Waals surface area contributed by atoms with Gasteiger partial charge in [0, 0.05) is 38.0 Å². The van der Waals surface area contributed by atoms with Crippen LogP contribution in [0.15, 0.2) is 29.5 Å². The number of aryl methyl sites for hydroxylation is 1. The van der Waals surface area contributed by atoms with Crippen LogP contribution in [0.5, 0.6) is 0 Å². The van der Waals surface area contributed by atoms with Crippen LogP contribution in [0.3, 0.4) is 0 Å². The van der Waals surface area contributed by atoms with Gasteiger partial charge in [-0.2, -0.15) is 11.3 Å². The van der Waals surface area contributed by atoms with Gasteiger partial charge < -0.3 is 9.80 Å². The fraction of sp³-hybridized carbons (Fsp3) is 0.579. The van der Waals surface area contributed by atoms with E-state index < -0.39 is 0 Å². The maximum Gasteiger partial charge on any atom is 0.245 e. The number of amides is 2. The van der Waals surface area contributed by atoms with Gasteiger partial charge >= 0.3 is 0 Å². The van der Waals surface area contributed by atoms with Gasteiger partial charge in [0.1, 0.15) is 0 Å². The third-order valence-electron chi connectivity index (χ3n) is 5.37. The van der Waals surface area contributed by atoms with Crippen molar-refractivity contribution in [2.75, 3.05) is 26.2 Å². The van der Waals surface area contributed by atoms with Gasteiger partial charge in [0.05, 0.1) is 0 Å². The second-order valence-corrected chi connectivity index (χ2v) is 7.90. The number of hydrogen-bond donors (Lipinski definition) is 0. The lowest BCUT2D eigenvalue weighted by atomic mass is 9.73. The predicted molar refractivity (Wildman–Crippen MR) is 96.9 cm³/mol. The minimum absolute atomic E-state index is 0.0231. The third-order valence-corrected chi connectivity index (χ3v) is 6.10. The highest BCUT2D eigenvalue weighted by Crippen LogP contribution is 2.38. The predicted octanol–water partition coefficient (Wildman–Crippen LogP) is 3.10. The van der Waals surface area contributed by atoms with Crippen molar-refractivity contribution in [1.82, 2.24) is 9.80 Å². The van der Waals surface area contributed by atoms with E-state index in [1.165, 1.54) is 11.6 Å². The first kappa shape index (κ1) is 17.2. The van der Waals surface area contributed by atoms with E-state index in [-0.39, 0.29) is 17.2 Å². The molecule has 0 bridgehead atoms. The molecule has 2 saturated heterocycles. The molecule has 5 heteroatoms. The Balaban J connectivity index is 1.59. The zero-order valence-electron chi connectivity index (χ0n) is 14.2. The minimum Gasteiger partial charge on any atom is -0.342 e. The summed E-state index contributed by atoms with van der Waals surface area (Å²) in [6.45, 7) is 6.86. The summed E-state index contributed by atoms with van der Waals surface area (Å²) in [7, 11) is 0. The molecule has 2 aliphatic heterocycles. The monoisotopic (exact) mass is 346 g/mol. The summed E-state index contributed by atoms with van der Waals surface area (Å²) in [6, 6.07) is 2.09. The SMILES string of the molecule is C=CC(=O)N1CCCC2(CCCN(C(=O)CCc3ccsc3)C2)C1. The quantitative estimate of drug-likeness (QED) is 0.786. The van der Waals surface area contributed by atoms with E-state index in [2.05, 4.69) is 23.4 Å². The van der Waals surface area contributed by atoms with E-state index in [1.54, 1.807) is 11.3 Å². The molecule has 2 fully saturated rings. The maximum absolute atomic E-state index is 12.6. The molecule has 1 spiro atoms. The maximum atomic E-state index is 12.6. The first-order chi connectivity index (χ1) is 11.6. The van der Waals surface area contributed by atoms with E-state index >= 15 is 0 Å². The second-order valence-electron chi connectivity index (χ2n) is 7.12. The zero-order valence-corrected chi connectivity index (χ0v) is 15.0. The van der Waals surface area contributed by atoms with Crippen LogP contribution in [0.25, 0.3) is 0 Å². The Hall–Kier alpha value is -1.62. The van der Waals surface area contributed by atoms with Crippen LogP contribution in [-0.2, 0) is 16.0 Å². The Morgan fingerprint density at radius 2 is 1.92 bits per heavy atom. The molecule has 130 valence electrons. The smallest absolute Gasteiger partial charge is 0.245 e. The highest BCUT2D eigenvalue weighted by molar-refractivity contribution is 7.07. The van der Waals surface area contributed by atoms with Crippen molar-refractivity contribution in [2.24, 2.45) is 5.41 Å². The summed E-state index contributed by atoms with van der Waals surface area (Å²) >= 11 is 1.68. The molecular formula is C19H26N2O2S. The van der Waals surface area contributed by atoms with Gasteiger partial charge in [0.25, 0.3) is 0 Å². The highest BCUT2D eigenvalue weighted by Gasteiger charge is 2.41. The average molecular weight is 346 g/mol. The number of hydrogen-bond acceptors (Lipinski definition) is 3. The lowest BCUT2D eigenvalue weighted by Crippen LogP contribution is -2.54. The zero-order chi connectivity index (χ0) is 17.0. The van der Waals surface area contributed by atoms with Crippen molar-refractivity contribution in [3.63, 3.8) is 0 Å². The molecule has 0 aromatic carbocycles. The van der Waals surface area contributed by atoms with Crippen LogP contribution in [0.2, 0.25) is 0 Å². The lowest BCUT2D eigenvalue weighted by molar-refractivity contribution is -0.138. The molecule has 1 aromatic rings. The summed E-state index contributed by atoms with van der Waals surface area (Å²) in [6.07, 6.45) is 7.11. The molecule has 3 heterocycles. The first-order valence-corrected chi connectivity index (χ1v) is 9.76. The Bertz CT molecular complexity index is 595. The van der Waals surface area contributed by atoms with Crippen LogP contribution >= 0.6 is 11.3 Å². The van der Waals surface area contributed by atoms with Gasteiger partial charge in [-0.3, -0.25) is 9.59 Å².